The maximum atomic E-state index is 12.2. The SMILES string of the molecule is O=C(Nc1ccc(N=Nc2ccc(CC(=O)[C@@H]3CCCN3)cc2)cc1)C1CCCC1. The molecule has 2 aliphatic rings. The number of azo groups is 1. The smallest absolute Gasteiger partial charge is 0.227 e. The van der Waals surface area contributed by atoms with Gasteiger partial charge < -0.3 is 10.6 Å². The molecule has 1 aliphatic carbocycles. The summed E-state index contributed by atoms with van der Waals surface area (Å²) in [5.74, 6) is 0.517. The van der Waals surface area contributed by atoms with Gasteiger partial charge in [0.05, 0.1) is 17.4 Å². The van der Waals surface area contributed by atoms with Gasteiger partial charge in [-0.25, -0.2) is 0 Å². The predicted octanol–water partition coefficient (Wildman–Crippen LogP) is 5.09. The minimum absolute atomic E-state index is 0.00952. The Kier molecular flexibility index (Phi) is 6.64. The predicted molar refractivity (Wildman–Crippen MR) is 117 cm³/mol. The number of carbonyl (C=O) groups is 2. The van der Waals surface area contributed by atoms with Gasteiger partial charge >= 0.3 is 0 Å². The minimum Gasteiger partial charge on any atom is -0.326 e. The Hall–Kier alpha value is -2.86. The molecule has 30 heavy (non-hydrogen) atoms. The molecule has 0 radical (unpaired) electrons. The number of anilines is 1. The highest BCUT2D eigenvalue weighted by atomic mass is 16.2. The van der Waals surface area contributed by atoms with Crippen LogP contribution in [-0.4, -0.2) is 24.3 Å². The van der Waals surface area contributed by atoms with E-state index in [1.54, 1.807) is 0 Å². The van der Waals surface area contributed by atoms with Crippen LogP contribution in [0.5, 0.6) is 0 Å². The summed E-state index contributed by atoms with van der Waals surface area (Å²) < 4.78 is 0. The summed E-state index contributed by atoms with van der Waals surface area (Å²) in [6, 6.07) is 15.0. The first-order valence-corrected chi connectivity index (χ1v) is 10.8. The molecule has 156 valence electrons. The van der Waals surface area contributed by atoms with Gasteiger partial charge in [0, 0.05) is 18.0 Å². The van der Waals surface area contributed by atoms with E-state index in [-0.39, 0.29) is 23.7 Å². The second-order valence-electron chi connectivity index (χ2n) is 8.18. The van der Waals surface area contributed by atoms with Crippen LogP contribution in [-0.2, 0) is 16.0 Å². The standard InChI is InChI=1S/C24H28N4O2/c29-23(22-6-3-15-25-22)16-17-7-9-20(10-8-17)27-28-21-13-11-19(12-14-21)26-24(30)18-4-1-2-5-18/h7-14,18,22,25H,1-6,15-16H2,(H,26,30)/t22-/m0/s1. The van der Waals surface area contributed by atoms with Crippen molar-refractivity contribution >= 4 is 28.8 Å². The van der Waals surface area contributed by atoms with Crippen LogP contribution in [0, 0.1) is 5.92 Å². The lowest BCUT2D eigenvalue weighted by Crippen LogP contribution is -2.31. The van der Waals surface area contributed by atoms with E-state index in [9.17, 15) is 9.59 Å². The summed E-state index contributed by atoms with van der Waals surface area (Å²) in [5.41, 5.74) is 3.25. The van der Waals surface area contributed by atoms with Crippen LogP contribution in [0.4, 0.5) is 17.1 Å². The molecule has 1 amide bonds. The van der Waals surface area contributed by atoms with E-state index >= 15 is 0 Å². The molecular formula is C24H28N4O2. The van der Waals surface area contributed by atoms with Crippen LogP contribution in [0.1, 0.15) is 44.1 Å². The zero-order valence-electron chi connectivity index (χ0n) is 17.1. The molecule has 1 saturated heterocycles. The van der Waals surface area contributed by atoms with Crippen molar-refractivity contribution in [3.8, 4) is 0 Å². The lowest BCUT2D eigenvalue weighted by molar-refractivity contribution is -0.120. The van der Waals surface area contributed by atoms with Crippen molar-refractivity contribution < 1.29 is 9.59 Å². The summed E-state index contributed by atoms with van der Waals surface area (Å²) in [4.78, 5) is 24.5. The van der Waals surface area contributed by atoms with E-state index in [4.69, 9.17) is 0 Å². The fourth-order valence-corrected chi connectivity index (χ4v) is 4.12. The molecule has 1 aliphatic heterocycles. The van der Waals surface area contributed by atoms with Gasteiger partial charge in [-0.1, -0.05) is 25.0 Å². The minimum atomic E-state index is 0.00952. The molecule has 1 heterocycles. The summed E-state index contributed by atoms with van der Waals surface area (Å²) >= 11 is 0. The lowest BCUT2D eigenvalue weighted by Gasteiger charge is -2.10. The molecule has 0 aromatic heterocycles. The first-order chi connectivity index (χ1) is 14.7. The van der Waals surface area contributed by atoms with Crippen LogP contribution in [0.25, 0.3) is 0 Å². The Bertz CT molecular complexity index is 818. The number of amides is 1. The molecule has 6 nitrogen and oxygen atoms in total. The van der Waals surface area contributed by atoms with E-state index < -0.39 is 0 Å². The van der Waals surface area contributed by atoms with E-state index in [2.05, 4.69) is 20.9 Å². The average molecular weight is 405 g/mol. The first-order valence-electron chi connectivity index (χ1n) is 10.8. The number of carbonyl (C=O) groups excluding carboxylic acids is 2. The lowest BCUT2D eigenvalue weighted by atomic mass is 10.0. The third-order valence-electron chi connectivity index (χ3n) is 5.91. The Balaban J connectivity index is 1.29. The van der Waals surface area contributed by atoms with Crippen molar-refractivity contribution in [1.29, 1.82) is 0 Å². The summed E-state index contributed by atoms with van der Waals surface area (Å²) in [7, 11) is 0. The third kappa shape index (κ3) is 5.39. The maximum Gasteiger partial charge on any atom is 0.227 e. The molecule has 2 fully saturated rings. The van der Waals surface area contributed by atoms with Crippen molar-refractivity contribution in [2.24, 2.45) is 16.1 Å². The maximum absolute atomic E-state index is 12.2. The third-order valence-corrected chi connectivity index (χ3v) is 5.91. The molecule has 6 heteroatoms. The van der Waals surface area contributed by atoms with Crippen LogP contribution >= 0.6 is 0 Å². The molecule has 0 spiro atoms. The molecule has 1 saturated carbocycles. The quantitative estimate of drug-likeness (QED) is 0.630. The van der Waals surface area contributed by atoms with Gasteiger partial charge in [0.15, 0.2) is 5.78 Å². The highest BCUT2D eigenvalue weighted by Gasteiger charge is 2.23. The average Bonchev–Trinajstić information content (AvgIpc) is 3.48. The van der Waals surface area contributed by atoms with Gasteiger partial charge in [-0.2, -0.15) is 10.2 Å². The molecule has 0 bridgehead atoms. The normalized spacial score (nSPS) is 19.4. The number of rotatable bonds is 7. The van der Waals surface area contributed by atoms with Gasteiger partial charge in [-0.3, -0.25) is 9.59 Å². The van der Waals surface area contributed by atoms with Crippen LogP contribution in [0.3, 0.4) is 0 Å². The van der Waals surface area contributed by atoms with Gasteiger partial charge in [-0.05, 0) is 74.2 Å². The Morgan fingerprint density at radius 1 is 0.867 bits per heavy atom. The highest BCUT2D eigenvalue weighted by Crippen LogP contribution is 2.27. The Morgan fingerprint density at radius 2 is 1.50 bits per heavy atom. The number of ketones is 1. The number of hydrogen-bond acceptors (Lipinski definition) is 5. The summed E-state index contributed by atoms with van der Waals surface area (Å²) in [5, 5.41) is 14.8. The van der Waals surface area contributed by atoms with Crippen LogP contribution in [0.15, 0.2) is 58.8 Å². The first kappa shape index (κ1) is 20.4. The molecular weight excluding hydrogens is 376 g/mol. The van der Waals surface area contributed by atoms with E-state index in [1.165, 1.54) is 0 Å². The second-order valence-corrected chi connectivity index (χ2v) is 8.18. The molecule has 0 unspecified atom stereocenters. The molecule has 4 rings (SSSR count). The van der Waals surface area contributed by atoms with Crippen LogP contribution in [0.2, 0.25) is 0 Å². The van der Waals surface area contributed by atoms with Crippen molar-refractivity contribution in [2.75, 3.05) is 11.9 Å². The van der Waals surface area contributed by atoms with Crippen LogP contribution < -0.4 is 10.6 Å². The topological polar surface area (TPSA) is 82.9 Å². The van der Waals surface area contributed by atoms with Crippen molar-refractivity contribution in [3.63, 3.8) is 0 Å². The summed E-state index contributed by atoms with van der Waals surface area (Å²) in [6.07, 6.45) is 6.73. The van der Waals surface area contributed by atoms with Gasteiger partial charge in [-0.15, -0.1) is 0 Å². The van der Waals surface area contributed by atoms with Crippen molar-refractivity contribution in [3.05, 3.63) is 54.1 Å². The van der Waals surface area contributed by atoms with Crippen molar-refractivity contribution in [1.82, 2.24) is 5.32 Å². The summed E-state index contributed by atoms with van der Waals surface area (Å²) in [6.45, 7) is 0.934. The number of nitrogens with one attached hydrogen (secondary N) is 2. The van der Waals surface area contributed by atoms with E-state index in [0.29, 0.717) is 6.42 Å². The zero-order valence-corrected chi connectivity index (χ0v) is 17.1. The number of benzene rings is 2. The molecule has 1 atom stereocenters. The Labute approximate surface area is 177 Å². The number of hydrogen-bond donors (Lipinski definition) is 2. The number of nitrogens with zero attached hydrogens (tertiary/aromatic N) is 2. The fraction of sp³-hybridized carbons (Fsp3) is 0.417. The monoisotopic (exact) mass is 404 g/mol. The second kappa shape index (κ2) is 9.76. The largest absolute Gasteiger partial charge is 0.326 e. The molecule has 2 aromatic carbocycles. The Morgan fingerprint density at radius 3 is 2.10 bits per heavy atom. The van der Waals surface area contributed by atoms with Gasteiger partial charge in [0.25, 0.3) is 0 Å². The van der Waals surface area contributed by atoms with Crippen molar-refractivity contribution in [2.45, 2.75) is 51.0 Å². The highest BCUT2D eigenvalue weighted by molar-refractivity contribution is 5.92. The molecule has 2 aromatic rings. The van der Waals surface area contributed by atoms with E-state index in [1.807, 2.05) is 48.5 Å². The van der Waals surface area contributed by atoms with E-state index in [0.717, 1.165) is 67.7 Å². The zero-order chi connectivity index (χ0) is 20.8. The van der Waals surface area contributed by atoms with Gasteiger partial charge in [0.1, 0.15) is 0 Å². The number of Topliss-reactive ketones (excluding diaryl/α,β-unsaturated/α-hetero) is 1. The fourth-order valence-electron chi connectivity index (χ4n) is 4.12. The van der Waals surface area contributed by atoms with Gasteiger partial charge in [0.2, 0.25) is 5.91 Å². The molecule has 2 N–H and O–H groups in total.